The standard InChI is InChI=1S/C15H19ClN4O/c1-10-9-11(2)20(19-10)8-4-7-18-15(21)12-5-3-6-13(17)14(12)16/h3,5-6,9H,4,7-8,17H2,1-2H3,(H,18,21). The molecule has 0 unspecified atom stereocenters. The van der Waals surface area contributed by atoms with Crippen molar-refractivity contribution in [2.24, 2.45) is 0 Å². The summed E-state index contributed by atoms with van der Waals surface area (Å²) in [6, 6.07) is 7.08. The fourth-order valence-corrected chi connectivity index (χ4v) is 2.36. The molecular formula is C15H19ClN4O. The maximum Gasteiger partial charge on any atom is 0.252 e. The van der Waals surface area contributed by atoms with Crippen molar-refractivity contribution in [3.05, 3.63) is 46.2 Å². The van der Waals surface area contributed by atoms with Crippen molar-refractivity contribution >= 4 is 23.2 Å². The van der Waals surface area contributed by atoms with Crippen LogP contribution in [0.15, 0.2) is 24.3 Å². The average molecular weight is 307 g/mol. The SMILES string of the molecule is Cc1cc(C)n(CCCNC(=O)c2cccc(N)c2Cl)n1. The molecule has 112 valence electrons. The third kappa shape index (κ3) is 3.76. The van der Waals surface area contributed by atoms with E-state index in [2.05, 4.69) is 10.4 Å². The summed E-state index contributed by atoms with van der Waals surface area (Å²) in [6.45, 7) is 5.31. The van der Waals surface area contributed by atoms with Gasteiger partial charge in [-0.2, -0.15) is 5.10 Å². The minimum absolute atomic E-state index is 0.208. The van der Waals surface area contributed by atoms with Gasteiger partial charge in [-0.3, -0.25) is 9.48 Å². The van der Waals surface area contributed by atoms with E-state index in [-0.39, 0.29) is 5.91 Å². The van der Waals surface area contributed by atoms with E-state index in [0.717, 1.165) is 24.4 Å². The molecule has 0 fully saturated rings. The first kappa shape index (κ1) is 15.4. The molecule has 1 aromatic carbocycles. The van der Waals surface area contributed by atoms with Crippen LogP contribution in [0, 0.1) is 13.8 Å². The Kier molecular flexibility index (Phi) is 4.85. The largest absolute Gasteiger partial charge is 0.398 e. The molecule has 1 aromatic heterocycles. The van der Waals surface area contributed by atoms with Gasteiger partial charge in [0.2, 0.25) is 0 Å². The molecule has 0 radical (unpaired) electrons. The number of aromatic nitrogens is 2. The van der Waals surface area contributed by atoms with Crippen LogP contribution in [0.4, 0.5) is 5.69 Å². The van der Waals surface area contributed by atoms with E-state index in [4.69, 9.17) is 17.3 Å². The number of hydrogen-bond donors (Lipinski definition) is 2. The first-order valence-electron chi connectivity index (χ1n) is 6.82. The number of carbonyl (C=O) groups excluding carboxylic acids is 1. The molecule has 21 heavy (non-hydrogen) atoms. The van der Waals surface area contributed by atoms with E-state index in [1.807, 2.05) is 24.6 Å². The molecule has 1 amide bonds. The maximum absolute atomic E-state index is 12.0. The van der Waals surface area contributed by atoms with Gasteiger partial charge in [0, 0.05) is 18.8 Å². The van der Waals surface area contributed by atoms with E-state index in [0.29, 0.717) is 22.8 Å². The Morgan fingerprint density at radius 1 is 1.43 bits per heavy atom. The van der Waals surface area contributed by atoms with Gasteiger partial charge in [-0.15, -0.1) is 0 Å². The molecule has 0 aliphatic heterocycles. The molecule has 0 bridgehead atoms. The number of nitrogens with two attached hydrogens (primary N) is 1. The van der Waals surface area contributed by atoms with Gasteiger partial charge in [0.25, 0.3) is 5.91 Å². The van der Waals surface area contributed by atoms with Gasteiger partial charge in [-0.1, -0.05) is 17.7 Å². The third-order valence-corrected chi connectivity index (χ3v) is 3.63. The lowest BCUT2D eigenvalue weighted by Crippen LogP contribution is -2.26. The number of anilines is 1. The molecule has 0 aliphatic carbocycles. The van der Waals surface area contributed by atoms with Crippen LogP contribution in [0.1, 0.15) is 28.2 Å². The summed E-state index contributed by atoms with van der Waals surface area (Å²) in [7, 11) is 0. The third-order valence-electron chi connectivity index (χ3n) is 3.21. The molecule has 2 rings (SSSR count). The zero-order valence-electron chi connectivity index (χ0n) is 12.2. The predicted molar refractivity (Wildman–Crippen MR) is 84.5 cm³/mol. The van der Waals surface area contributed by atoms with E-state index in [9.17, 15) is 4.79 Å². The van der Waals surface area contributed by atoms with Crippen LogP contribution in [0.2, 0.25) is 5.02 Å². The van der Waals surface area contributed by atoms with Gasteiger partial charge in [0.1, 0.15) is 0 Å². The van der Waals surface area contributed by atoms with Crippen LogP contribution in [0.3, 0.4) is 0 Å². The second kappa shape index (κ2) is 6.63. The van der Waals surface area contributed by atoms with Crippen LogP contribution < -0.4 is 11.1 Å². The number of aryl methyl sites for hydroxylation is 3. The highest BCUT2D eigenvalue weighted by atomic mass is 35.5. The molecule has 0 spiro atoms. The molecule has 0 aliphatic rings. The summed E-state index contributed by atoms with van der Waals surface area (Å²) in [5.41, 5.74) is 8.62. The fourth-order valence-electron chi connectivity index (χ4n) is 2.15. The summed E-state index contributed by atoms with van der Waals surface area (Å²) in [6.07, 6.45) is 0.799. The first-order valence-corrected chi connectivity index (χ1v) is 7.20. The predicted octanol–water partition coefficient (Wildman–Crippen LogP) is 2.56. The fraction of sp³-hybridized carbons (Fsp3) is 0.333. The van der Waals surface area contributed by atoms with Crippen molar-refractivity contribution in [3.63, 3.8) is 0 Å². The lowest BCUT2D eigenvalue weighted by atomic mass is 10.2. The van der Waals surface area contributed by atoms with Gasteiger partial charge in [-0.05, 0) is 38.5 Å². The lowest BCUT2D eigenvalue weighted by Gasteiger charge is -2.08. The van der Waals surface area contributed by atoms with Crippen LogP contribution in [-0.2, 0) is 6.54 Å². The van der Waals surface area contributed by atoms with E-state index in [1.54, 1.807) is 18.2 Å². The zero-order valence-corrected chi connectivity index (χ0v) is 12.9. The smallest absolute Gasteiger partial charge is 0.252 e. The van der Waals surface area contributed by atoms with Crippen molar-refractivity contribution in [2.75, 3.05) is 12.3 Å². The Bertz CT molecular complexity index is 651. The van der Waals surface area contributed by atoms with Crippen LogP contribution in [0.5, 0.6) is 0 Å². The number of benzene rings is 1. The van der Waals surface area contributed by atoms with E-state index < -0.39 is 0 Å². The Hall–Kier alpha value is -2.01. The number of nitrogens with zero attached hydrogens (tertiary/aromatic N) is 2. The van der Waals surface area contributed by atoms with Crippen LogP contribution in [0.25, 0.3) is 0 Å². The number of nitrogen functional groups attached to an aromatic ring is 1. The number of rotatable bonds is 5. The van der Waals surface area contributed by atoms with Gasteiger partial charge in [-0.25, -0.2) is 0 Å². The maximum atomic E-state index is 12.0. The van der Waals surface area contributed by atoms with E-state index in [1.165, 1.54) is 0 Å². The molecular weight excluding hydrogens is 288 g/mol. The topological polar surface area (TPSA) is 72.9 Å². The molecule has 0 atom stereocenters. The Morgan fingerprint density at radius 3 is 2.86 bits per heavy atom. The number of nitrogens with one attached hydrogen (secondary N) is 1. The first-order chi connectivity index (χ1) is 9.99. The molecule has 0 saturated heterocycles. The van der Waals surface area contributed by atoms with Crippen LogP contribution in [-0.4, -0.2) is 22.2 Å². The van der Waals surface area contributed by atoms with E-state index >= 15 is 0 Å². The summed E-state index contributed by atoms with van der Waals surface area (Å²) < 4.78 is 1.94. The summed E-state index contributed by atoms with van der Waals surface area (Å²) >= 11 is 6.02. The highest BCUT2D eigenvalue weighted by molar-refractivity contribution is 6.36. The summed E-state index contributed by atoms with van der Waals surface area (Å²) in [4.78, 5) is 12.0. The second-order valence-electron chi connectivity index (χ2n) is 4.97. The lowest BCUT2D eigenvalue weighted by molar-refractivity contribution is 0.0953. The quantitative estimate of drug-likeness (QED) is 0.658. The summed E-state index contributed by atoms with van der Waals surface area (Å²) in [5.74, 6) is -0.208. The van der Waals surface area contributed by atoms with Gasteiger partial charge >= 0.3 is 0 Å². The van der Waals surface area contributed by atoms with Crippen molar-refractivity contribution in [3.8, 4) is 0 Å². The molecule has 5 nitrogen and oxygen atoms in total. The van der Waals surface area contributed by atoms with Gasteiger partial charge in [0.15, 0.2) is 0 Å². The van der Waals surface area contributed by atoms with Crippen LogP contribution >= 0.6 is 11.6 Å². The van der Waals surface area contributed by atoms with Crippen molar-refractivity contribution in [2.45, 2.75) is 26.8 Å². The monoisotopic (exact) mass is 306 g/mol. The van der Waals surface area contributed by atoms with Crippen molar-refractivity contribution in [1.82, 2.24) is 15.1 Å². The number of hydrogen-bond acceptors (Lipinski definition) is 3. The van der Waals surface area contributed by atoms with Gasteiger partial charge < -0.3 is 11.1 Å². The Labute approximate surface area is 129 Å². The van der Waals surface area contributed by atoms with Gasteiger partial charge in [0.05, 0.1) is 22.0 Å². The Morgan fingerprint density at radius 2 is 2.19 bits per heavy atom. The zero-order chi connectivity index (χ0) is 15.4. The minimum atomic E-state index is -0.208. The highest BCUT2D eigenvalue weighted by Crippen LogP contribution is 2.22. The molecule has 6 heteroatoms. The summed E-state index contributed by atoms with van der Waals surface area (Å²) in [5, 5.41) is 7.52. The highest BCUT2D eigenvalue weighted by Gasteiger charge is 2.11. The second-order valence-corrected chi connectivity index (χ2v) is 5.35. The molecule has 0 saturated carbocycles. The van der Waals surface area contributed by atoms with Crippen molar-refractivity contribution in [1.29, 1.82) is 0 Å². The molecule has 2 aromatic rings. The molecule has 1 heterocycles. The van der Waals surface area contributed by atoms with Crippen molar-refractivity contribution < 1.29 is 4.79 Å². The number of halogens is 1. The number of amides is 1. The Balaban J connectivity index is 1.85. The normalized spacial score (nSPS) is 10.6. The average Bonchev–Trinajstić information content (AvgIpc) is 2.76. The minimum Gasteiger partial charge on any atom is -0.398 e. The number of carbonyl (C=O) groups is 1. The molecule has 3 N–H and O–H groups in total.